The molecule has 0 radical (unpaired) electrons. The van der Waals surface area contributed by atoms with Crippen molar-refractivity contribution in [2.45, 2.75) is 32.9 Å². The molecule has 3 rings (SSSR count). The van der Waals surface area contributed by atoms with Gasteiger partial charge in [-0.05, 0) is 31.0 Å². The standard InChI is InChI=1S/C24H26BrN3O4/c1-16(2)28(12-13-29)24(31)21-22(32-15-17-8-4-3-5-9-17)23(30)27-20(26-21)14-18-10-6-7-11-19(18)25/h3-11,16,29H,12-15H2,1-2H3,(H,26,27,30). The van der Waals surface area contributed by atoms with E-state index >= 15 is 0 Å². The van der Waals surface area contributed by atoms with Crippen LogP contribution in [0.25, 0.3) is 0 Å². The Hall–Kier alpha value is -2.97. The molecule has 0 spiro atoms. The van der Waals surface area contributed by atoms with E-state index in [1.54, 1.807) is 0 Å². The van der Waals surface area contributed by atoms with Crippen LogP contribution in [0.15, 0.2) is 59.1 Å². The summed E-state index contributed by atoms with van der Waals surface area (Å²) in [6.45, 7) is 3.79. The minimum absolute atomic E-state index is 0.0300. The van der Waals surface area contributed by atoms with E-state index in [0.29, 0.717) is 6.42 Å². The molecule has 0 fully saturated rings. The summed E-state index contributed by atoms with van der Waals surface area (Å²) < 4.78 is 6.70. The van der Waals surface area contributed by atoms with Crippen LogP contribution in [0.1, 0.15) is 41.3 Å². The van der Waals surface area contributed by atoms with Crippen molar-refractivity contribution in [1.29, 1.82) is 0 Å². The summed E-state index contributed by atoms with van der Waals surface area (Å²) in [7, 11) is 0. The van der Waals surface area contributed by atoms with E-state index in [0.717, 1.165) is 15.6 Å². The molecule has 168 valence electrons. The minimum Gasteiger partial charge on any atom is -0.491 e. The normalized spacial score (nSPS) is 10.9. The highest BCUT2D eigenvalue weighted by molar-refractivity contribution is 9.10. The van der Waals surface area contributed by atoms with E-state index in [9.17, 15) is 15.0 Å². The number of carbonyl (C=O) groups is 1. The van der Waals surface area contributed by atoms with Crippen LogP contribution in [0.5, 0.6) is 11.6 Å². The zero-order valence-corrected chi connectivity index (χ0v) is 19.6. The molecule has 0 aliphatic heterocycles. The maximum absolute atomic E-state index is 13.4. The van der Waals surface area contributed by atoms with E-state index in [1.165, 1.54) is 4.90 Å². The van der Waals surface area contributed by atoms with Crippen molar-refractivity contribution in [2.24, 2.45) is 0 Å². The summed E-state index contributed by atoms with van der Waals surface area (Å²) >= 11 is 3.50. The number of hydrogen-bond acceptors (Lipinski definition) is 6. The van der Waals surface area contributed by atoms with Gasteiger partial charge in [-0.3, -0.25) is 4.79 Å². The quantitative estimate of drug-likeness (QED) is 0.462. The van der Waals surface area contributed by atoms with Crippen LogP contribution in [0, 0.1) is 0 Å². The molecule has 0 bridgehead atoms. The molecule has 0 saturated carbocycles. The smallest absolute Gasteiger partial charge is 0.276 e. The van der Waals surface area contributed by atoms with Crippen molar-refractivity contribution in [1.82, 2.24) is 14.9 Å². The fourth-order valence-electron chi connectivity index (χ4n) is 3.22. The molecule has 32 heavy (non-hydrogen) atoms. The fourth-order valence-corrected chi connectivity index (χ4v) is 3.65. The van der Waals surface area contributed by atoms with Crippen molar-refractivity contribution >= 4 is 21.8 Å². The Labute approximate surface area is 195 Å². The number of ether oxygens (including phenoxy) is 1. The van der Waals surface area contributed by atoms with E-state index in [2.05, 4.69) is 25.9 Å². The number of aliphatic hydroxyl groups excluding tert-OH is 1. The number of hydrogen-bond donors (Lipinski definition) is 2. The van der Waals surface area contributed by atoms with Crippen LogP contribution in [0.2, 0.25) is 0 Å². The maximum Gasteiger partial charge on any atom is 0.276 e. The first kappa shape index (κ1) is 23.7. The second-order valence-electron chi connectivity index (χ2n) is 7.50. The number of amides is 1. The number of nitrogens with zero attached hydrogens (tertiary/aromatic N) is 3. The molecule has 2 N–H and O–H groups in total. The Balaban J connectivity index is 2.00. The summed E-state index contributed by atoms with van der Waals surface area (Å²) in [5.74, 6) is -0.618. The lowest BCUT2D eigenvalue weighted by Crippen LogP contribution is -2.39. The predicted octanol–water partition coefficient (Wildman–Crippen LogP) is 3.96. The third kappa shape index (κ3) is 5.83. The van der Waals surface area contributed by atoms with Crippen LogP contribution >= 0.6 is 15.9 Å². The highest BCUT2D eigenvalue weighted by Gasteiger charge is 2.27. The summed E-state index contributed by atoms with van der Waals surface area (Å²) in [5, 5.41) is 20.1. The van der Waals surface area contributed by atoms with Gasteiger partial charge in [-0.1, -0.05) is 64.5 Å². The Kier molecular flexibility index (Phi) is 8.19. The van der Waals surface area contributed by atoms with Crippen LogP contribution in [0.4, 0.5) is 0 Å². The maximum atomic E-state index is 13.4. The van der Waals surface area contributed by atoms with E-state index in [-0.39, 0.29) is 43.1 Å². The second kappa shape index (κ2) is 11.1. The molecule has 1 aromatic heterocycles. The number of aromatic nitrogens is 2. The topological polar surface area (TPSA) is 95.8 Å². The van der Waals surface area contributed by atoms with Crippen LogP contribution < -0.4 is 4.74 Å². The van der Waals surface area contributed by atoms with E-state index in [4.69, 9.17) is 4.74 Å². The molecule has 0 aliphatic rings. The van der Waals surface area contributed by atoms with Crippen LogP contribution in [-0.2, 0) is 13.0 Å². The Morgan fingerprint density at radius 2 is 1.78 bits per heavy atom. The van der Waals surface area contributed by atoms with Gasteiger partial charge in [-0.15, -0.1) is 0 Å². The first-order valence-corrected chi connectivity index (χ1v) is 11.1. The van der Waals surface area contributed by atoms with Gasteiger partial charge in [-0.2, -0.15) is 4.98 Å². The lowest BCUT2D eigenvalue weighted by Gasteiger charge is -2.26. The number of benzene rings is 2. The average Bonchev–Trinajstić information content (AvgIpc) is 2.78. The number of halogens is 1. The monoisotopic (exact) mass is 499 g/mol. The van der Waals surface area contributed by atoms with Gasteiger partial charge in [0.15, 0.2) is 5.69 Å². The lowest BCUT2D eigenvalue weighted by atomic mass is 10.1. The van der Waals surface area contributed by atoms with Gasteiger partial charge in [-0.25, -0.2) is 4.98 Å². The van der Waals surface area contributed by atoms with Crippen molar-refractivity contribution in [3.63, 3.8) is 0 Å². The summed E-state index contributed by atoms with van der Waals surface area (Å²) in [6, 6.07) is 16.8. The van der Waals surface area contributed by atoms with Gasteiger partial charge >= 0.3 is 0 Å². The van der Waals surface area contributed by atoms with Gasteiger partial charge in [0, 0.05) is 23.5 Å². The minimum atomic E-state index is -0.441. The molecule has 7 nitrogen and oxygen atoms in total. The van der Waals surface area contributed by atoms with E-state index < -0.39 is 11.8 Å². The SMILES string of the molecule is CC(C)N(CCO)C(=O)c1nc(Cc2ccccc2Br)nc(O)c1OCc1ccccc1. The highest BCUT2D eigenvalue weighted by Crippen LogP contribution is 2.30. The highest BCUT2D eigenvalue weighted by atomic mass is 79.9. The molecule has 0 aliphatic carbocycles. The fraction of sp³-hybridized carbons (Fsp3) is 0.292. The number of aliphatic hydroxyl groups is 1. The molecule has 3 aromatic rings. The molecular weight excluding hydrogens is 474 g/mol. The first-order chi connectivity index (χ1) is 15.4. The van der Waals surface area contributed by atoms with Crippen LogP contribution in [0.3, 0.4) is 0 Å². The predicted molar refractivity (Wildman–Crippen MR) is 125 cm³/mol. The number of aromatic hydroxyl groups is 1. The summed E-state index contributed by atoms with van der Waals surface area (Å²) in [6.07, 6.45) is 0.315. The molecular formula is C24H26BrN3O4. The molecule has 1 heterocycles. The first-order valence-electron chi connectivity index (χ1n) is 10.3. The zero-order chi connectivity index (χ0) is 23.1. The molecule has 1 amide bonds. The third-order valence-electron chi connectivity index (χ3n) is 4.85. The lowest BCUT2D eigenvalue weighted by molar-refractivity contribution is 0.0652. The van der Waals surface area contributed by atoms with E-state index in [1.807, 2.05) is 68.4 Å². The third-order valence-corrected chi connectivity index (χ3v) is 5.63. The summed E-state index contributed by atoms with van der Waals surface area (Å²) in [5.41, 5.74) is 1.76. The van der Waals surface area contributed by atoms with Crippen molar-refractivity contribution in [3.05, 3.63) is 81.7 Å². The van der Waals surface area contributed by atoms with Crippen LogP contribution in [-0.4, -0.2) is 50.2 Å². The Morgan fingerprint density at radius 1 is 1.09 bits per heavy atom. The summed E-state index contributed by atoms with van der Waals surface area (Å²) in [4.78, 5) is 23.5. The van der Waals surface area contributed by atoms with Crippen molar-refractivity contribution in [2.75, 3.05) is 13.2 Å². The number of rotatable bonds is 9. The average molecular weight is 500 g/mol. The Bertz CT molecular complexity index is 1060. The van der Waals surface area contributed by atoms with Gasteiger partial charge in [0.2, 0.25) is 5.75 Å². The van der Waals surface area contributed by atoms with Gasteiger partial charge in [0.25, 0.3) is 11.8 Å². The van der Waals surface area contributed by atoms with Gasteiger partial charge in [0.1, 0.15) is 12.4 Å². The second-order valence-corrected chi connectivity index (χ2v) is 8.35. The van der Waals surface area contributed by atoms with Gasteiger partial charge in [0.05, 0.1) is 6.61 Å². The van der Waals surface area contributed by atoms with Crippen molar-refractivity contribution in [3.8, 4) is 11.6 Å². The van der Waals surface area contributed by atoms with Gasteiger partial charge < -0.3 is 19.8 Å². The molecule has 2 aromatic carbocycles. The zero-order valence-electron chi connectivity index (χ0n) is 18.0. The molecule has 0 saturated heterocycles. The number of carbonyl (C=O) groups excluding carboxylic acids is 1. The van der Waals surface area contributed by atoms with Crippen molar-refractivity contribution < 1.29 is 19.7 Å². The Morgan fingerprint density at radius 3 is 2.44 bits per heavy atom. The largest absolute Gasteiger partial charge is 0.491 e. The molecule has 0 unspecified atom stereocenters. The molecule has 0 atom stereocenters. The molecule has 8 heteroatoms.